The highest BCUT2D eigenvalue weighted by atomic mass is 32.2. The van der Waals surface area contributed by atoms with Gasteiger partial charge in [0.05, 0.1) is 27.5 Å². The molecule has 0 saturated heterocycles. The molecule has 5 nitrogen and oxygen atoms in total. The van der Waals surface area contributed by atoms with E-state index in [9.17, 15) is 21.6 Å². The summed E-state index contributed by atoms with van der Waals surface area (Å²) in [5.41, 5.74) is -0.0608. The zero-order valence-corrected chi connectivity index (χ0v) is 16.7. The van der Waals surface area contributed by atoms with Gasteiger partial charge in [0.1, 0.15) is 5.76 Å². The molecule has 28 heavy (non-hydrogen) atoms. The van der Waals surface area contributed by atoms with Crippen molar-refractivity contribution in [2.75, 3.05) is 6.61 Å². The minimum Gasteiger partial charge on any atom is -0.378 e. The molecule has 1 heterocycles. The minimum absolute atomic E-state index is 0.207. The second-order valence-corrected chi connectivity index (χ2v) is 9.16. The van der Waals surface area contributed by atoms with Gasteiger partial charge in [0.15, 0.2) is 9.84 Å². The Balaban J connectivity index is 2.06. The second-order valence-electron chi connectivity index (χ2n) is 6.97. The van der Waals surface area contributed by atoms with E-state index in [0.717, 1.165) is 12.1 Å². The van der Waals surface area contributed by atoms with Crippen LogP contribution in [0.25, 0.3) is 11.1 Å². The summed E-state index contributed by atoms with van der Waals surface area (Å²) in [7, 11) is -4.15. The molecule has 2 aromatic rings. The Morgan fingerprint density at radius 1 is 1.25 bits per heavy atom. The standard InChI is InChI=1S/C19H22F3NO4S/c1-4-26-14-6-7-15(10-14)28(24,25)17-8-5-13(9-16(17)19(20,21)22)18-11(2)23-27-12(18)3/h5,8-9,14-15H,4,6-7,10H2,1-3H3/t14-,15-/m1/s1. The average Bonchev–Trinajstić information content (AvgIpc) is 3.21. The third-order valence-corrected chi connectivity index (χ3v) is 7.37. The van der Waals surface area contributed by atoms with Crippen LogP contribution >= 0.6 is 0 Å². The van der Waals surface area contributed by atoms with Crippen LogP contribution in [-0.4, -0.2) is 31.5 Å². The molecule has 0 N–H and O–H groups in total. The third kappa shape index (κ3) is 3.82. The number of aryl methyl sites for hydroxylation is 2. The molecule has 0 amide bonds. The van der Waals surface area contributed by atoms with Crippen molar-refractivity contribution in [3.8, 4) is 11.1 Å². The molecule has 0 bridgehead atoms. The normalized spacial score (nSPS) is 20.6. The first-order valence-corrected chi connectivity index (χ1v) is 10.6. The maximum atomic E-state index is 13.8. The molecule has 1 aromatic carbocycles. The van der Waals surface area contributed by atoms with Gasteiger partial charge >= 0.3 is 6.18 Å². The fraction of sp³-hybridized carbons (Fsp3) is 0.526. The molecule has 9 heteroatoms. The van der Waals surface area contributed by atoms with E-state index in [4.69, 9.17) is 9.26 Å². The molecule has 1 aliphatic rings. The Morgan fingerprint density at radius 2 is 1.96 bits per heavy atom. The van der Waals surface area contributed by atoms with Gasteiger partial charge in [0.25, 0.3) is 0 Å². The highest BCUT2D eigenvalue weighted by molar-refractivity contribution is 7.92. The number of halogens is 3. The number of alkyl halides is 3. The molecule has 1 aliphatic carbocycles. The Bertz CT molecular complexity index is 947. The lowest BCUT2D eigenvalue weighted by molar-refractivity contribution is -0.139. The maximum Gasteiger partial charge on any atom is 0.417 e. The molecule has 0 aliphatic heterocycles. The molecule has 0 unspecified atom stereocenters. The van der Waals surface area contributed by atoms with Gasteiger partial charge in [-0.15, -0.1) is 0 Å². The molecule has 1 saturated carbocycles. The SMILES string of the molecule is CCO[C@@H]1CC[C@@H](S(=O)(=O)c2ccc(-c3c(C)noc3C)cc2C(F)(F)F)C1. The van der Waals surface area contributed by atoms with Crippen molar-refractivity contribution in [2.45, 2.75) is 62.5 Å². The number of rotatable bonds is 5. The van der Waals surface area contributed by atoms with Crippen molar-refractivity contribution in [1.29, 1.82) is 0 Å². The predicted molar refractivity (Wildman–Crippen MR) is 96.7 cm³/mol. The molecular formula is C19H22F3NO4S. The van der Waals surface area contributed by atoms with E-state index in [0.29, 0.717) is 30.0 Å². The quantitative estimate of drug-likeness (QED) is 0.705. The molecule has 2 atom stereocenters. The first kappa shape index (κ1) is 20.9. The molecular weight excluding hydrogens is 395 g/mol. The van der Waals surface area contributed by atoms with E-state index in [1.54, 1.807) is 20.8 Å². The second kappa shape index (κ2) is 7.51. The smallest absolute Gasteiger partial charge is 0.378 e. The molecule has 0 spiro atoms. The number of sulfone groups is 1. The summed E-state index contributed by atoms with van der Waals surface area (Å²) in [5.74, 6) is 0.372. The van der Waals surface area contributed by atoms with Gasteiger partial charge in [0, 0.05) is 12.2 Å². The number of hydrogen-bond acceptors (Lipinski definition) is 5. The lowest BCUT2D eigenvalue weighted by Crippen LogP contribution is -2.23. The predicted octanol–water partition coefficient (Wildman–Crippen LogP) is 4.71. The van der Waals surface area contributed by atoms with Gasteiger partial charge in [-0.2, -0.15) is 13.2 Å². The molecule has 1 aromatic heterocycles. The van der Waals surface area contributed by atoms with Gasteiger partial charge in [-0.1, -0.05) is 11.2 Å². The van der Waals surface area contributed by atoms with Crippen LogP contribution in [0.2, 0.25) is 0 Å². The van der Waals surface area contributed by atoms with Crippen LogP contribution < -0.4 is 0 Å². The fourth-order valence-corrected chi connectivity index (χ4v) is 5.81. The first-order chi connectivity index (χ1) is 13.1. The summed E-state index contributed by atoms with van der Waals surface area (Å²) < 4.78 is 77.7. The Kier molecular flexibility index (Phi) is 5.60. The minimum atomic E-state index is -4.81. The zero-order valence-electron chi connectivity index (χ0n) is 15.8. The van der Waals surface area contributed by atoms with Crippen molar-refractivity contribution in [2.24, 2.45) is 0 Å². The first-order valence-electron chi connectivity index (χ1n) is 9.05. The molecule has 3 rings (SSSR count). The van der Waals surface area contributed by atoms with E-state index in [1.807, 2.05) is 0 Å². The summed E-state index contributed by atoms with van der Waals surface area (Å²) in [6.07, 6.45) is -4.03. The van der Waals surface area contributed by atoms with Crippen LogP contribution in [0.4, 0.5) is 13.2 Å². The fourth-order valence-electron chi connectivity index (χ4n) is 3.80. The van der Waals surface area contributed by atoms with E-state index >= 15 is 0 Å². The lowest BCUT2D eigenvalue weighted by Gasteiger charge is -2.18. The number of ether oxygens (including phenoxy) is 1. The summed E-state index contributed by atoms with van der Waals surface area (Å²) in [6, 6.07) is 3.30. The van der Waals surface area contributed by atoms with Crippen LogP contribution in [0, 0.1) is 13.8 Å². The highest BCUT2D eigenvalue weighted by Crippen LogP contribution is 2.41. The van der Waals surface area contributed by atoms with Gasteiger partial charge in [-0.05, 0) is 57.7 Å². The summed E-state index contributed by atoms with van der Waals surface area (Å²) in [5, 5.41) is 2.88. The van der Waals surface area contributed by atoms with Crippen LogP contribution in [0.5, 0.6) is 0 Å². The maximum absolute atomic E-state index is 13.8. The van der Waals surface area contributed by atoms with Crippen molar-refractivity contribution >= 4 is 9.84 Å². The third-order valence-electron chi connectivity index (χ3n) is 5.09. The summed E-state index contributed by atoms with van der Waals surface area (Å²) in [4.78, 5) is -0.683. The number of nitrogens with zero attached hydrogens (tertiary/aromatic N) is 1. The van der Waals surface area contributed by atoms with E-state index < -0.39 is 31.7 Å². The van der Waals surface area contributed by atoms with Crippen LogP contribution in [0.3, 0.4) is 0 Å². The summed E-state index contributed by atoms with van der Waals surface area (Å²) >= 11 is 0. The van der Waals surface area contributed by atoms with Crippen molar-refractivity contribution < 1.29 is 30.8 Å². The van der Waals surface area contributed by atoms with Crippen molar-refractivity contribution in [3.63, 3.8) is 0 Å². The number of aromatic nitrogens is 1. The number of hydrogen-bond donors (Lipinski definition) is 0. The average molecular weight is 417 g/mol. The monoisotopic (exact) mass is 417 g/mol. The van der Waals surface area contributed by atoms with Crippen LogP contribution in [0.15, 0.2) is 27.6 Å². The van der Waals surface area contributed by atoms with Crippen molar-refractivity contribution in [1.82, 2.24) is 5.16 Å². The van der Waals surface area contributed by atoms with Gasteiger partial charge in [-0.3, -0.25) is 0 Å². The summed E-state index contributed by atoms with van der Waals surface area (Å²) in [6.45, 7) is 5.46. The van der Waals surface area contributed by atoms with E-state index in [1.165, 1.54) is 6.07 Å². The Labute approximate surface area is 161 Å². The Hall–Kier alpha value is -1.87. The van der Waals surface area contributed by atoms with Gasteiger partial charge < -0.3 is 9.26 Å². The highest BCUT2D eigenvalue weighted by Gasteiger charge is 2.42. The van der Waals surface area contributed by atoms with Crippen LogP contribution in [0.1, 0.15) is 43.2 Å². The van der Waals surface area contributed by atoms with Gasteiger partial charge in [0.2, 0.25) is 0 Å². The van der Waals surface area contributed by atoms with Gasteiger partial charge in [-0.25, -0.2) is 8.42 Å². The van der Waals surface area contributed by atoms with E-state index in [2.05, 4.69) is 5.16 Å². The molecule has 1 fully saturated rings. The Morgan fingerprint density at radius 3 is 2.54 bits per heavy atom. The van der Waals surface area contributed by atoms with Crippen molar-refractivity contribution in [3.05, 3.63) is 35.2 Å². The topological polar surface area (TPSA) is 69.4 Å². The number of benzene rings is 1. The largest absolute Gasteiger partial charge is 0.417 e. The molecule has 0 radical (unpaired) electrons. The van der Waals surface area contributed by atoms with Crippen LogP contribution in [-0.2, 0) is 20.8 Å². The van der Waals surface area contributed by atoms with E-state index in [-0.39, 0.29) is 24.5 Å². The lowest BCUT2D eigenvalue weighted by atomic mass is 10.0. The molecule has 154 valence electrons. The zero-order chi connectivity index (χ0) is 20.7.